The molecule has 0 spiro atoms. The van der Waals surface area contributed by atoms with Crippen LogP contribution in [0.4, 0.5) is 5.69 Å². The van der Waals surface area contributed by atoms with Gasteiger partial charge in [0.1, 0.15) is 0 Å². The lowest BCUT2D eigenvalue weighted by Crippen LogP contribution is -2.32. The van der Waals surface area contributed by atoms with E-state index in [0.29, 0.717) is 15.6 Å². The second kappa shape index (κ2) is 7.03. The summed E-state index contributed by atoms with van der Waals surface area (Å²) in [5.41, 5.74) is 1.54. The van der Waals surface area contributed by atoms with Gasteiger partial charge in [0.25, 0.3) is 5.91 Å². The van der Waals surface area contributed by atoms with Crippen LogP contribution in [0.25, 0.3) is 10.1 Å². The summed E-state index contributed by atoms with van der Waals surface area (Å²) < 4.78 is 1.04. The van der Waals surface area contributed by atoms with Crippen molar-refractivity contribution in [1.29, 1.82) is 0 Å². The topological polar surface area (TPSA) is 58.2 Å². The minimum Gasteiger partial charge on any atom is -0.342 e. The van der Waals surface area contributed by atoms with Crippen LogP contribution in [0, 0.1) is 6.92 Å². The van der Waals surface area contributed by atoms with Gasteiger partial charge in [-0.05, 0) is 42.1 Å². The number of rotatable bonds is 4. The SMILES string of the molecule is Cc1ccc(NC(=O)CNC(=O)c2cc3ccccc3s2)c(Cl)c1. The standard InChI is InChI=1S/C18H15ClN2O2S/c1-11-6-7-14(13(19)8-11)21-17(22)10-20-18(23)16-9-12-4-2-3-5-15(12)24-16/h2-9H,10H2,1H3,(H,20,23)(H,21,22). The Morgan fingerprint density at radius 3 is 2.67 bits per heavy atom. The van der Waals surface area contributed by atoms with Crippen molar-refractivity contribution < 1.29 is 9.59 Å². The predicted octanol–water partition coefficient (Wildman–Crippen LogP) is 4.23. The molecule has 0 bridgehead atoms. The van der Waals surface area contributed by atoms with E-state index in [-0.39, 0.29) is 18.4 Å². The molecular weight excluding hydrogens is 344 g/mol. The lowest BCUT2D eigenvalue weighted by atomic mass is 10.2. The van der Waals surface area contributed by atoms with Crippen LogP contribution in [0.5, 0.6) is 0 Å². The van der Waals surface area contributed by atoms with E-state index in [2.05, 4.69) is 10.6 Å². The summed E-state index contributed by atoms with van der Waals surface area (Å²) in [5.74, 6) is -0.587. The molecule has 4 nitrogen and oxygen atoms in total. The molecule has 0 unspecified atom stereocenters. The molecule has 2 N–H and O–H groups in total. The Bertz CT molecular complexity index is 887. The Kier molecular flexibility index (Phi) is 4.83. The fourth-order valence-corrected chi connectivity index (χ4v) is 3.52. The molecule has 0 saturated heterocycles. The number of thiophene rings is 1. The minimum atomic E-state index is -0.324. The second-order valence-electron chi connectivity index (χ2n) is 5.36. The summed E-state index contributed by atoms with van der Waals surface area (Å²) in [5, 5.41) is 6.80. The summed E-state index contributed by atoms with van der Waals surface area (Å²) in [7, 11) is 0. The first-order chi connectivity index (χ1) is 11.5. The van der Waals surface area contributed by atoms with E-state index < -0.39 is 0 Å². The number of anilines is 1. The molecule has 0 fully saturated rings. The molecule has 3 aromatic rings. The monoisotopic (exact) mass is 358 g/mol. The Labute approximate surface area is 148 Å². The molecular formula is C18H15ClN2O2S. The first-order valence-electron chi connectivity index (χ1n) is 7.36. The van der Waals surface area contributed by atoms with Crippen LogP contribution >= 0.6 is 22.9 Å². The molecule has 0 aliphatic carbocycles. The van der Waals surface area contributed by atoms with Gasteiger partial charge < -0.3 is 10.6 Å². The molecule has 0 aliphatic heterocycles. The van der Waals surface area contributed by atoms with Crippen molar-refractivity contribution in [2.45, 2.75) is 6.92 Å². The average Bonchev–Trinajstić information content (AvgIpc) is 2.99. The quantitative estimate of drug-likeness (QED) is 0.733. The zero-order valence-electron chi connectivity index (χ0n) is 12.9. The highest BCUT2D eigenvalue weighted by Crippen LogP contribution is 2.25. The largest absolute Gasteiger partial charge is 0.342 e. The highest BCUT2D eigenvalue weighted by molar-refractivity contribution is 7.20. The third-order valence-corrected chi connectivity index (χ3v) is 4.89. The maximum absolute atomic E-state index is 12.2. The van der Waals surface area contributed by atoms with Crippen molar-refractivity contribution in [3.05, 3.63) is 64.0 Å². The fourth-order valence-electron chi connectivity index (χ4n) is 2.26. The highest BCUT2D eigenvalue weighted by atomic mass is 35.5. The normalized spacial score (nSPS) is 10.6. The maximum atomic E-state index is 12.2. The maximum Gasteiger partial charge on any atom is 0.261 e. The lowest BCUT2D eigenvalue weighted by molar-refractivity contribution is -0.115. The molecule has 6 heteroatoms. The van der Waals surface area contributed by atoms with Crippen molar-refractivity contribution in [3.8, 4) is 0 Å². The average molecular weight is 359 g/mol. The van der Waals surface area contributed by atoms with Gasteiger partial charge in [-0.2, -0.15) is 0 Å². The van der Waals surface area contributed by atoms with E-state index in [1.54, 1.807) is 12.1 Å². The van der Waals surface area contributed by atoms with Gasteiger partial charge in [0.2, 0.25) is 5.91 Å². The molecule has 2 amide bonds. The van der Waals surface area contributed by atoms with E-state index in [1.807, 2.05) is 43.3 Å². The van der Waals surface area contributed by atoms with Crippen LogP contribution in [0.1, 0.15) is 15.2 Å². The number of hydrogen-bond donors (Lipinski definition) is 2. The third kappa shape index (κ3) is 3.75. The molecule has 0 aliphatic rings. The molecule has 1 heterocycles. The summed E-state index contributed by atoms with van der Waals surface area (Å²) in [6.45, 7) is 1.81. The Morgan fingerprint density at radius 2 is 1.92 bits per heavy atom. The number of hydrogen-bond acceptors (Lipinski definition) is 3. The second-order valence-corrected chi connectivity index (χ2v) is 6.85. The number of aryl methyl sites for hydroxylation is 1. The minimum absolute atomic E-state index is 0.114. The van der Waals surface area contributed by atoms with E-state index >= 15 is 0 Å². The highest BCUT2D eigenvalue weighted by Gasteiger charge is 2.12. The number of carbonyl (C=O) groups excluding carboxylic acids is 2. The molecule has 24 heavy (non-hydrogen) atoms. The van der Waals surface area contributed by atoms with Crippen molar-refractivity contribution in [2.24, 2.45) is 0 Å². The van der Waals surface area contributed by atoms with Gasteiger partial charge in [-0.15, -0.1) is 11.3 Å². The van der Waals surface area contributed by atoms with Crippen LogP contribution in [0.15, 0.2) is 48.5 Å². The number of halogens is 1. The number of nitrogens with one attached hydrogen (secondary N) is 2. The van der Waals surface area contributed by atoms with Crippen LogP contribution < -0.4 is 10.6 Å². The molecule has 0 atom stereocenters. The number of fused-ring (bicyclic) bond motifs is 1. The molecule has 0 radical (unpaired) electrons. The fraction of sp³-hybridized carbons (Fsp3) is 0.111. The van der Waals surface area contributed by atoms with Gasteiger partial charge in [-0.1, -0.05) is 35.9 Å². The zero-order chi connectivity index (χ0) is 17.1. The number of benzene rings is 2. The van der Waals surface area contributed by atoms with Crippen LogP contribution in [0.3, 0.4) is 0 Å². The van der Waals surface area contributed by atoms with Crippen molar-refractivity contribution in [1.82, 2.24) is 5.32 Å². The van der Waals surface area contributed by atoms with E-state index in [4.69, 9.17) is 11.6 Å². The summed E-state index contributed by atoms with van der Waals surface area (Å²) in [6.07, 6.45) is 0. The van der Waals surface area contributed by atoms with Crippen LogP contribution in [-0.2, 0) is 4.79 Å². The lowest BCUT2D eigenvalue weighted by Gasteiger charge is -2.08. The zero-order valence-corrected chi connectivity index (χ0v) is 14.5. The van der Waals surface area contributed by atoms with Gasteiger partial charge in [0.05, 0.1) is 22.1 Å². The number of carbonyl (C=O) groups is 2. The van der Waals surface area contributed by atoms with Gasteiger partial charge in [0, 0.05) is 4.70 Å². The summed E-state index contributed by atoms with van der Waals surface area (Å²) in [6, 6.07) is 15.0. The van der Waals surface area contributed by atoms with Gasteiger partial charge in [-0.25, -0.2) is 0 Å². The van der Waals surface area contributed by atoms with E-state index in [9.17, 15) is 9.59 Å². The first kappa shape index (κ1) is 16.5. The Morgan fingerprint density at radius 1 is 1.12 bits per heavy atom. The van der Waals surface area contributed by atoms with Gasteiger partial charge in [0.15, 0.2) is 0 Å². The van der Waals surface area contributed by atoms with Crippen molar-refractivity contribution >= 4 is 50.5 Å². The van der Waals surface area contributed by atoms with E-state index in [0.717, 1.165) is 15.6 Å². The van der Waals surface area contributed by atoms with E-state index in [1.165, 1.54) is 11.3 Å². The number of amides is 2. The van der Waals surface area contributed by atoms with Gasteiger partial charge >= 0.3 is 0 Å². The molecule has 122 valence electrons. The van der Waals surface area contributed by atoms with Crippen molar-refractivity contribution in [2.75, 3.05) is 11.9 Å². The first-order valence-corrected chi connectivity index (χ1v) is 8.55. The van der Waals surface area contributed by atoms with Crippen LogP contribution in [0.2, 0.25) is 5.02 Å². The molecule has 0 saturated carbocycles. The third-order valence-electron chi connectivity index (χ3n) is 3.46. The van der Waals surface area contributed by atoms with Gasteiger partial charge in [-0.3, -0.25) is 9.59 Å². The molecule has 3 rings (SSSR count). The van der Waals surface area contributed by atoms with Crippen LogP contribution in [-0.4, -0.2) is 18.4 Å². The smallest absolute Gasteiger partial charge is 0.261 e. The van der Waals surface area contributed by atoms with Crippen molar-refractivity contribution in [3.63, 3.8) is 0 Å². The molecule has 1 aromatic heterocycles. The Balaban J connectivity index is 1.60. The molecule has 2 aromatic carbocycles. The Hall–Kier alpha value is -2.37. The predicted molar refractivity (Wildman–Crippen MR) is 99.0 cm³/mol. The summed E-state index contributed by atoms with van der Waals surface area (Å²) >= 11 is 7.48. The summed E-state index contributed by atoms with van der Waals surface area (Å²) in [4.78, 5) is 24.7.